The molecule has 5 nitrogen and oxygen atoms in total. The molecular weight excluding hydrogens is 268 g/mol. The summed E-state index contributed by atoms with van der Waals surface area (Å²) in [4.78, 5) is 26.0. The number of carboxylic acid groups (broad SMARTS) is 1. The topological polar surface area (TPSA) is 83.6 Å². The molecule has 0 atom stereocenters. The van der Waals surface area contributed by atoms with Gasteiger partial charge in [0.1, 0.15) is 0 Å². The number of carbonyl (C=O) groups excluding carboxylic acids is 1. The molecule has 1 fully saturated rings. The Morgan fingerprint density at radius 1 is 1.19 bits per heavy atom. The summed E-state index contributed by atoms with van der Waals surface area (Å²) in [5, 5.41) is 9.27. The molecule has 0 aliphatic heterocycles. The van der Waals surface area contributed by atoms with Gasteiger partial charge in [-0.1, -0.05) is 33.1 Å². The first-order valence-corrected chi connectivity index (χ1v) is 8.07. The summed E-state index contributed by atoms with van der Waals surface area (Å²) in [6.45, 7) is 4.27. The van der Waals surface area contributed by atoms with E-state index >= 15 is 0 Å². The number of nitrogens with two attached hydrogens (primary N) is 1. The van der Waals surface area contributed by atoms with Crippen LogP contribution in [0.15, 0.2) is 0 Å². The Hall–Kier alpha value is -1.10. The van der Waals surface area contributed by atoms with E-state index in [1.165, 1.54) is 0 Å². The summed E-state index contributed by atoms with van der Waals surface area (Å²) in [5.41, 5.74) is 4.78. The average Bonchev–Trinajstić information content (AvgIpc) is 2.49. The lowest BCUT2D eigenvalue weighted by molar-refractivity contribution is -0.152. The predicted molar refractivity (Wildman–Crippen MR) is 82.9 cm³/mol. The van der Waals surface area contributed by atoms with Crippen LogP contribution < -0.4 is 5.73 Å². The van der Waals surface area contributed by atoms with Crippen molar-refractivity contribution in [3.05, 3.63) is 0 Å². The molecule has 21 heavy (non-hydrogen) atoms. The highest BCUT2D eigenvalue weighted by Crippen LogP contribution is 2.39. The van der Waals surface area contributed by atoms with Crippen molar-refractivity contribution in [3.8, 4) is 0 Å². The van der Waals surface area contributed by atoms with Crippen molar-refractivity contribution >= 4 is 11.9 Å². The lowest BCUT2D eigenvalue weighted by atomic mass is 9.74. The van der Waals surface area contributed by atoms with Gasteiger partial charge in [-0.05, 0) is 25.7 Å². The summed E-state index contributed by atoms with van der Waals surface area (Å²) in [6.07, 6.45) is 6.04. The molecule has 5 heteroatoms. The molecule has 1 saturated carbocycles. The predicted octanol–water partition coefficient (Wildman–Crippen LogP) is 2.39. The molecule has 0 radical (unpaired) electrons. The van der Waals surface area contributed by atoms with E-state index in [1.54, 1.807) is 11.9 Å². The summed E-state index contributed by atoms with van der Waals surface area (Å²) >= 11 is 0. The van der Waals surface area contributed by atoms with Gasteiger partial charge in [0.2, 0.25) is 5.91 Å². The second-order valence-corrected chi connectivity index (χ2v) is 6.41. The van der Waals surface area contributed by atoms with Crippen LogP contribution in [0.25, 0.3) is 0 Å². The molecule has 1 aliphatic carbocycles. The minimum atomic E-state index is -0.831. The Morgan fingerprint density at radius 3 is 2.10 bits per heavy atom. The van der Waals surface area contributed by atoms with Crippen molar-refractivity contribution in [3.63, 3.8) is 0 Å². The van der Waals surface area contributed by atoms with E-state index in [0.717, 1.165) is 32.1 Å². The van der Waals surface area contributed by atoms with Gasteiger partial charge in [0, 0.05) is 13.6 Å². The zero-order chi connectivity index (χ0) is 16.1. The van der Waals surface area contributed by atoms with Crippen molar-refractivity contribution in [2.75, 3.05) is 13.6 Å². The third-order valence-electron chi connectivity index (χ3n) is 5.48. The van der Waals surface area contributed by atoms with Crippen LogP contribution in [-0.2, 0) is 9.59 Å². The fourth-order valence-electron chi connectivity index (χ4n) is 3.62. The van der Waals surface area contributed by atoms with Gasteiger partial charge in [0.15, 0.2) is 0 Å². The number of nitrogens with zero attached hydrogens (tertiary/aromatic N) is 1. The maximum absolute atomic E-state index is 13.0. The molecule has 0 aromatic carbocycles. The van der Waals surface area contributed by atoms with E-state index in [-0.39, 0.29) is 12.3 Å². The van der Waals surface area contributed by atoms with Gasteiger partial charge >= 0.3 is 5.97 Å². The molecular formula is C16H30N2O3. The molecule has 3 N–H and O–H groups in total. The molecule has 122 valence electrons. The SMILES string of the molecule is CCC(CC)(CN)C(=O)N(C)C1(CC(=O)O)CCCCC1. The number of hydrogen-bond donors (Lipinski definition) is 2. The molecule has 0 heterocycles. The first-order chi connectivity index (χ1) is 9.87. The Labute approximate surface area is 127 Å². The highest BCUT2D eigenvalue weighted by atomic mass is 16.4. The zero-order valence-electron chi connectivity index (χ0n) is 13.7. The quantitative estimate of drug-likeness (QED) is 0.756. The Kier molecular flexibility index (Phi) is 6.20. The third-order valence-corrected chi connectivity index (χ3v) is 5.48. The summed E-state index contributed by atoms with van der Waals surface area (Å²) in [6, 6.07) is 0. The van der Waals surface area contributed by atoms with Crippen LogP contribution in [0.2, 0.25) is 0 Å². The van der Waals surface area contributed by atoms with Gasteiger partial charge in [-0.15, -0.1) is 0 Å². The summed E-state index contributed by atoms with van der Waals surface area (Å²) in [7, 11) is 1.77. The van der Waals surface area contributed by atoms with Gasteiger partial charge < -0.3 is 15.7 Å². The van der Waals surface area contributed by atoms with Crippen molar-refractivity contribution < 1.29 is 14.7 Å². The van der Waals surface area contributed by atoms with Crippen LogP contribution in [0.3, 0.4) is 0 Å². The highest BCUT2D eigenvalue weighted by Gasteiger charge is 2.45. The van der Waals surface area contributed by atoms with Crippen LogP contribution in [-0.4, -0.2) is 41.0 Å². The van der Waals surface area contributed by atoms with Gasteiger partial charge in [-0.3, -0.25) is 9.59 Å². The van der Waals surface area contributed by atoms with E-state index in [4.69, 9.17) is 5.73 Å². The standard InChI is InChI=1S/C16H30N2O3/c1-4-15(5-2,12-17)14(21)18(3)16(11-13(19)20)9-7-6-8-10-16/h4-12,17H2,1-3H3,(H,19,20). The van der Waals surface area contributed by atoms with E-state index in [9.17, 15) is 14.7 Å². The van der Waals surface area contributed by atoms with E-state index < -0.39 is 16.9 Å². The summed E-state index contributed by atoms with van der Waals surface area (Å²) in [5.74, 6) is -0.818. The molecule has 0 aromatic rings. The van der Waals surface area contributed by atoms with E-state index in [1.807, 2.05) is 13.8 Å². The van der Waals surface area contributed by atoms with Crippen molar-refractivity contribution in [1.29, 1.82) is 0 Å². The van der Waals surface area contributed by atoms with Gasteiger partial charge in [-0.25, -0.2) is 0 Å². The van der Waals surface area contributed by atoms with Crippen molar-refractivity contribution in [2.24, 2.45) is 11.1 Å². The molecule has 1 aliphatic rings. The zero-order valence-corrected chi connectivity index (χ0v) is 13.7. The Morgan fingerprint density at radius 2 is 1.71 bits per heavy atom. The number of hydrogen-bond acceptors (Lipinski definition) is 3. The smallest absolute Gasteiger partial charge is 0.305 e. The maximum Gasteiger partial charge on any atom is 0.305 e. The van der Waals surface area contributed by atoms with E-state index in [0.29, 0.717) is 19.4 Å². The molecule has 1 rings (SSSR count). The second-order valence-electron chi connectivity index (χ2n) is 6.41. The lowest BCUT2D eigenvalue weighted by Gasteiger charge is -2.47. The maximum atomic E-state index is 13.0. The molecule has 0 bridgehead atoms. The van der Waals surface area contributed by atoms with Gasteiger partial charge in [0.25, 0.3) is 0 Å². The van der Waals surface area contributed by atoms with Crippen LogP contribution >= 0.6 is 0 Å². The van der Waals surface area contributed by atoms with Crippen molar-refractivity contribution in [2.45, 2.75) is 70.8 Å². The normalized spacial score (nSPS) is 18.3. The molecule has 1 amide bonds. The Balaban J connectivity index is 3.06. The van der Waals surface area contributed by atoms with Gasteiger partial charge in [0.05, 0.1) is 17.4 Å². The monoisotopic (exact) mass is 298 g/mol. The number of rotatable bonds is 7. The van der Waals surface area contributed by atoms with Crippen LogP contribution in [0.1, 0.15) is 65.2 Å². The molecule has 0 spiro atoms. The Bertz CT molecular complexity index is 363. The number of carbonyl (C=O) groups is 2. The fourth-order valence-corrected chi connectivity index (χ4v) is 3.62. The average molecular weight is 298 g/mol. The highest BCUT2D eigenvalue weighted by molar-refractivity contribution is 5.84. The molecule has 0 aromatic heterocycles. The number of carboxylic acids is 1. The third kappa shape index (κ3) is 3.57. The largest absolute Gasteiger partial charge is 0.481 e. The van der Waals surface area contributed by atoms with Gasteiger partial charge in [-0.2, -0.15) is 0 Å². The van der Waals surface area contributed by atoms with Crippen LogP contribution in [0, 0.1) is 5.41 Å². The first kappa shape index (κ1) is 18.0. The summed E-state index contributed by atoms with van der Waals surface area (Å²) < 4.78 is 0. The van der Waals surface area contributed by atoms with Crippen molar-refractivity contribution in [1.82, 2.24) is 4.90 Å². The molecule has 0 saturated heterocycles. The minimum Gasteiger partial charge on any atom is -0.481 e. The first-order valence-electron chi connectivity index (χ1n) is 8.07. The van der Waals surface area contributed by atoms with Crippen LogP contribution in [0.4, 0.5) is 0 Å². The number of amides is 1. The number of aliphatic carboxylic acids is 1. The second kappa shape index (κ2) is 7.25. The fraction of sp³-hybridized carbons (Fsp3) is 0.875. The molecule has 0 unspecified atom stereocenters. The lowest BCUT2D eigenvalue weighted by Crippen LogP contribution is -2.57. The van der Waals surface area contributed by atoms with E-state index in [2.05, 4.69) is 0 Å². The minimum absolute atomic E-state index is 0.0122. The van der Waals surface area contributed by atoms with Crippen LogP contribution in [0.5, 0.6) is 0 Å².